The standard InChI is InChI=1S/C11H11F2N/c12-8-1-2-10(13)9(5-8)11-6-7(11)3-4-14-11/h1-2,5,7,14H,3-4,6H2. The van der Waals surface area contributed by atoms with Crippen LogP contribution >= 0.6 is 0 Å². The quantitative estimate of drug-likeness (QED) is 0.724. The first-order valence-corrected chi connectivity index (χ1v) is 4.93. The number of piperidine rings is 1. The summed E-state index contributed by atoms with van der Waals surface area (Å²) < 4.78 is 26.5. The van der Waals surface area contributed by atoms with E-state index in [4.69, 9.17) is 0 Å². The molecule has 2 unspecified atom stereocenters. The average Bonchev–Trinajstić information content (AvgIpc) is 2.74. The van der Waals surface area contributed by atoms with Gasteiger partial charge in [0.2, 0.25) is 0 Å². The summed E-state index contributed by atoms with van der Waals surface area (Å²) in [4.78, 5) is 0. The van der Waals surface area contributed by atoms with Gasteiger partial charge in [-0.05, 0) is 43.5 Å². The summed E-state index contributed by atoms with van der Waals surface area (Å²) >= 11 is 0. The number of hydrogen-bond donors (Lipinski definition) is 1. The Bertz CT molecular complexity index is 391. The normalized spacial score (nSPS) is 34.3. The second-order valence-electron chi connectivity index (χ2n) is 4.21. The van der Waals surface area contributed by atoms with Crippen molar-refractivity contribution in [2.75, 3.05) is 6.54 Å². The van der Waals surface area contributed by atoms with E-state index in [1.54, 1.807) is 0 Å². The lowest BCUT2D eigenvalue weighted by Crippen LogP contribution is -2.26. The van der Waals surface area contributed by atoms with Gasteiger partial charge in [0.1, 0.15) is 11.6 Å². The molecule has 1 heterocycles. The maximum absolute atomic E-state index is 13.5. The molecular weight excluding hydrogens is 184 g/mol. The number of fused-ring (bicyclic) bond motifs is 1. The smallest absolute Gasteiger partial charge is 0.128 e. The van der Waals surface area contributed by atoms with Crippen LogP contribution < -0.4 is 5.32 Å². The summed E-state index contributed by atoms with van der Waals surface area (Å²) in [6.45, 7) is 0.917. The number of hydrogen-bond acceptors (Lipinski definition) is 1. The summed E-state index contributed by atoms with van der Waals surface area (Å²) in [6.07, 6.45) is 2.03. The average molecular weight is 195 g/mol. The molecule has 1 aliphatic carbocycles. The van der Waals surface area contributed by atoms with E-state index in [0.29, 0.717) is 11.5 Å². The third-order valence-electron chi connectivity index (χ3n) is 3.45. The summed E-state index contributed by atoms with van der Waals surface area (Å²) in [5.41, 5.74) is 0.284. The Balaban J connectivity index is 2.08. The highest BCUT2D eigenvalue weighted by atomic mass is 19.1. The summed E-state index contributed by atoms with van der Waals surface area (Å²) in [5, 5.41) is 3.28. The molecule has 1 saturated heterocycles. The molecule has 0 amide bonds. The third-order valence-corrected chi connectivity index (χ3v) is 3.45. The molecule has 2 atom stereocenters. The van der Waals surface area contributed by atoms with Crippen molar-refractivity contribution in [3.63, 3.8) is 0 Å². The van der Waals surface area contributed by atoms with Crippen LogP contribution in [0.15, 0.2) is 18.2 Å². The van der Waals surface area contributed by atoms with Crippen LogP contribution in [0.2, 0.25) is 0 Å². The predicted octanol–water partition coefficient (Wildman–Crippen LogP) is 2.17. The molecule has 0 spiro atoms. The fourth-order valence-corrected chi connectivity index (χ4v) is 2.63. The second-order valence-corrected chi connectivity index (χ2v) is 4.21. The Labute approximate surface area is 81.1 Å². The number of benzene rings is 1. The van der Waals surface area contributed by atoms with Crippen molar-refractivity contribution >= 4 is 0 Å². The van der Waals surface area contributed by atoms with E-state index in [2.05, 4.69) is 5.32 Å². The minimum absolute atomic E-state index is 0.230. The zero-order valence-corrected chi connectivity index (χ0v) is 7.69. The fourth-order valence-electron chi connectivity index (χ4n) is 2.63. The molecule has 14 heavy (non-hydrogen) atoms. The van der Waals surface area contributed by atoms with Crippen molar-refractivity contribution in [3.05, 3.63) is 35.4 Å². The Kier molecular flexibility index (Phi) is 1.52. The molecule has 74 valence electrons. The Morgan fingerprint density at radius 3 is 2.86 bits per heavy atom. The van der Waals surface area contributed by atoms with Crippen LogP contribution in [0.3, 0.4) is 0 Å². The monoisotopic (exact) mass is 195 g/mol. The molecule has 1 aliphatic heterocycles. The topological polar surface area (TPSA) is 12.0 Å². The minimum Gasteiger partial charge on any atom is -0.307 e. The number of nitrogens with one attached hydrogen (secondary N) is 1. The first kappa shape index (κ1) is 8.36. The van der Waals surface area contributed by atoms with Crippen LogP contribution in [0, 0.1) is 17.6 Å². The van der Waals surface area contributed by atoms with Gasteiger partial charge in [0.15, 0.2) is 0 Å². The largest absolute Gasteiger partial charge is 0.307 e. The summed E-state index contributed by atoms with van der Waals surface area (Å²) in [6, 6.07) is 3.71. The maximum Gasteiger partial charge on any atom is 0.128 e. The summed E-state index contributed by atoms with van der Waals surface area (Å²) in [5.74, 6) is -0.128. The molecular formula is C11H11F2N. The molecule has 1 aromatic rings. The lowest BCUT2D eigenvalue weighted by Gasteiger charge is -2.14. The van der Waals surface area contributed by atoms with Crippen LogP contribution in [-0.2, 0) is 5.54 Å². The van der Waals surface area contributed by atoms with Crippen molar-refractivity contribution in [1.29, 1.82) is 0 Å². The molecule has 1 saturated carbocycles. The van der Waals surface area contributed by atoms with Gasteiger partial charge in [-0.2, -0.15) is 0 Å². The molecule has 3 rings (SSSR count). The SMILES string of the molecule is Fc1ccc(F)c(C23CC2CCN3)c1. The van der Waals surface area contributed by atoms with Gasteiger partial charge in [-0.25, -0.2) is 8.78 Å². The van der Waals surface area contributed by atoms with E-state index in [1.807, 2.05) is 0 Å². The molecule has 0 aromatic heterocycles. The van der Waals surface area contributed by atoms with Gasteiger partial charge in [-0.3, -0.25) is 0 Å². The van der Waals surface area contributed by atoms with E-state index >= 15 is 0 Å². The zero-order chi connectivity index (χ0) is 9.76. The maximum atomic E-state index is 13.5. The van der Waals surface area contributed by atoms with E-state index < -0.39 is 0 Å². The van der Waals surface area contributed by atoms with Crippen molar-refractivity contribution < 1.29 is 8.78 Å². The highest BCUT2D eigenvalue weighted by molar-refractivity contribution is 5.36. The van der Waals surface area contributed by atoms with Crippen LogP contribution in [0.5, 0.6) is 0 Å². The Morgan fingerprint density at radius 2 is 2.21 bits per heavy atom. The molecule has 2 aliphatic rings. The first-order valence-electron chi connectivity index (χ1n) is 4.93. The van der Waals surface area contributed by atoms with Crippen molar-refractivity contribution in [2.45, 2.75) is 18.4 Å². The van der Waals surface area contributed by atoms with E-state index in [0.717, 1.165) is 19.4 Å². The van der Waals surface area contributed by atoms with Gasteiger partial charge in [-0.1, -0.05) is 0 Å². The predicted molar refractivity (Wildman–Crippen MR) is 48.8 cm³/mol. The van der Waals surface area contributed by atoms with Gasteiger partial charge in [-0.15, -0.1) is 0 Å². The lowest BCUT2D eigenvalue weighted by molar-refractivity contribution is 0.513. The molecule has 0 radical (unpaired) electrons. The summed E-state index contributed by atoms with van der Waals surface area (Å²) in [7, 11) is 0. The van der Waals surface area contributed by atoms with Crippen molar-refractivity contribution in [2.24, 2.45) is 5.92 Å². The van der Waals surface area contributed by atoms with Crippen LogP contribution in [0.25, 0.3) is 0 Å². The van der Waals surface area contributed by atoms with E-state index in [-0.39, 0.29) is 17.2 Å². The van der Waals surface area contributed by atoms with E-state index in [1.165, 1.54) is 18.2 Å². The van der Waals surface area contributed by atoms with Crippen molar-refractivity contribution in [3.8, 4) is 0 Å². The lowest BCUT2D eigenvalue weighted by atomic mass is 10.0. The third kappa shape index (κ3) is 0.960. The molecule has 1 nitrogen and oxygen atoms in total. The first-order chi connectivity index (χ1) is 6.72. The van der Waals surface area contributed by atoms with Gasteiger partial charge in [0.05, 0.1) is 0 Å². The van der Waals surface area contributed by atoms with Gasteiger partial charge < -0.3 is 5.32 Å². The van der Waals surface area contributed by atoms with Crippen LogP contribution in [0.1, 0.15) is 18.4 Å². The van der Waals surface area contributed by atoms with Gasteiger partial charge >= 0.3 is 0 Å². The molecule has 3 heteroatoms. The molecule has 2 fully saturated rings. The van der Waals surface area contributed by atoms with E-state index in [9.17, 15) is 8.78 Å². The number of rotatable bonds is 1. The Hall–Kier alpha value is -0.960. The Morgan fingerprint density at radius 1 is 1.36 bits per heavy atom. The fraction of sp³-hybridized carbons (Fsp3) is 0.455. The van der Waals surface area contributed by atoms with Crippen LogP contribution in [-0.4, -0.2) is 6.54 Å². The van der Waals surface area contributed by atoms with Crippen molar-refractivity contribution in [1.82, 2.24) is 5.32 Å². The minimum atomic E-state index is -0.352. The van der Waals surface area contributed by atoms with Gasteiger partial charge in [0, 0.05) is 11.1 Å². The van der Waals surface area contributed by atoms with Gasteiger partial charge in [0.25, 0.3) is 0 Å². The molecule has 1 N–H and O–H groups in total. The zero-order valence-electron chi connectivity index (χ0n) is 7.69. The molecule has 0 bridgehead atoms. The van der Waals surface area contributed by atoms with Crippen LogP contribution in [0.4, 0.5) is 8.78 Å². The molecule has 1 aromatic carbocycles. The number of halogens is 2. The highest BCUT2D eigenvalue weighted by Gasteiger charge is 2.59. The highest BCUT2D eigenvalue weighted by Crippen LogP contribution is 2.57. The second kappa shape index (κ2) is 2.54.